The maximum Gasteiger partial charge on any atom is 0.166 e. The molecule has 7 heteroatoms. The molecule has 0 amide bonds. The number of aliphatic hydroxyl groups excluding tert-OH is 1. The standard InChI is InChI=1S/C32H42N2O5/c1-23(34-15-18-37-19-16-34)24-6-5-7-27(20-24)38-17-4-3-13-33-14-12-32-11-10-26(35)21-29(32)39-31-28(36-2)9-8-25(22-33)30(31)32/h5-11,20,23,26,29,35H,3-4,12-19,21-22H2,1-2H3/t23?,26-,29-,32-/m0/s1. The van der Waals surface area contributed by atoms with Gasteiger partial charge in [0.15, 0.2) is 11.5 Å². The van der Waals surface area contributed by atoms with Gasteiger partial charge < -0.3 is 24.1 Å². The minimum atomic E-state index is -0.452. The molecule has 0 aromatic heterocycles. The molecule has 6 rings (SSSR count). The Morgan fingerprint density at radius 1 is 1.13 bits per heavy atom. The van der Waals surface area contributed by atoms with Crippen LogP contribution in [0.15, 0.2) is 48.6 Å². The number of ether oxygens (including phenoxy) is 4. The van der Waals surface area contributed by atoms with Gasteiger partial charge in [-0.15, -0.1) is 0 Å². The summed E-state index contributed by atoms with van der Waals surface area (Å²) < 4.78 is 23.8. The van der Waals surface area contributed by atoms with Gasteiger partial charge in [-0.05, 0) is 68.6 Å². The summed E-state index contributed by atoms with van der Waals surface area (Å²) in [4.78, 5) is 5.04. The van der Waals surface area contributed by atoms with Crippen molar-refractivity contribution < 1.29 is 24.1 Å². The van der Waals surface area contributed by atoms with Crippen LogP contribution in [0.3, 0.4) is 0 Å². The number of benzene rings is 2. The normalized spacial score (nSPS) is 27.3. The number of unbranched alkanes of at least 4 members (excludes halogenated alkanes) is 1. The van der Waals surface area contributed by atoms with E-state index in [1.165, 1.54) is 16.7 Å². The number of rotatable bonds is 9. The van der Waals surface area contributed by atoms with Crippen LogP contribution in [0.2, 0.25) is 0 Å². The van der Waals surface area contributed by atoms with Crippen molar-refractivity contribution >= 4 is 0 Å². The SMILES string of the molecule is COc1ccc2c3c1O[C@H]1C[C@@H](O)C=C[C@@]31CCN(CCCCOc1cccc(C(C)N3CCOCC3)c1)C2. The van der Waals surface area contributed by atoms with Crippen LogP contribution in [0.25, 0.3) is 0 Å². The van der Waals surface area contributed by atoms with Crippen molar-refractivity contribution in [2.75, 3.05) is 53.1 Å². The first-order valence-electron chi connectivity index (χ1n) is 14.6. The smallest absolute Gasteiger partial charge is 0.166 e. The average molecular weight is 535 g/mol. The maximum absolute atomic E-state index is 10.3. The van der Waals surface area contributed by atoms with E-state index in [-0.39, 0.29) is 11.5 Å². The summed E-state index contributed by atoms with van der Waals surface area (Å²) >= 11 is 0. The zero-order valence-electron chi connectivity index (χ0n) is 23.3. The van der Waals surface area contributed by atoms with E-state index >= 15 is 0 Å². The van der Waals surface area contributed by atoms with Gasteiger partial charge in [-0.25, -0.2) is 0 Å². The highest BCUT2D eigenvalue weighted by atomic mass is 16.5. The number of hydrogen-bond donors (Lipinski definition) is 1. The van der Waals surface area contributed by atoms with Gasteiger partial charge in [0.05, 0.1) is 38.4 Å². The topological polar surface area (TPSA) is 63.6 Å². The Labute approximate surface area is 232 Å². The lowest BCUT2D eigenvalue weighted by atomic mass is 9.69. The van der Waals surface area contributed by atoms with E-state index in [1.807, 2.05) is 12.1 Å². The second-order valence-electron chi connectivity index (χ2n) is 11.4. The average Bonchev–Trinajstić information content (AvgIpc) is 3.21. The maximum atomic E-state index is 10.3. The Kier molecular flexibility index (Phi) is 7.85. The monoisotopic (exact) mass is 534 g/mol. The molecule has 4 aliphatic rings. The van der Waals surface area contributed by atoms with Crippen molar-refractivity contribution in [3.8, 4) is 17.2 Å². The van der Waals surface area contributed by atoms with Gasteiger partial charge in [0.25, 0.3) is 0 Å². The zero-order valence-corrected chi connectivity index (χ0v) is 23.3. The third-order valence-electron chi connectivity index (χ3n) is 9.11. The lowest BCUT2D eigenvalue weighted by Gasteiger charge is -2.35. The molecule has 1 saturated heterocycles. The summed E-state index contributed by atoms with van der Waals surface area (Å²) in [5.74, 6) is 2.62. The predicted octanol–water partition coefficient (Wildman–Crippen LogP) is 4.47. The van der Waals surface area contributed by atoms with Gasteiger partial charge in [-0.1, -0.05) is 30.4 Å². The van der Waals surface area contributed by atoms with Crippen molar-refractivity contribution in [1.29, 1.82) is 0 Å². The van der Waals surface area contributed by atoms with Crippen LogP contribution in [0, 0.1) is 0 Å². The highest BCUT2D eigenvalue weighted by Gasteiger charge is 2.52. The fourth-order valence-electron chi connectivity index (χ4n) is 6.85. The molecule has 3 heterocycles. The Balaban J connectivity index is 1.04. The second-order valence-corrected chi connectivity index (χ2v) is 11.4. The van der Waals surface area contributed by atoms with Gasteiger partial charge in [-0.2, -0.15) is 0 Å². The summed E-state index contributed by atoms with van der Waals surface area (Å²) in [7, 11) is 1.70. The molecular formula is C32H42N2O5. The molecule has 1 fully saturated rings. The summed E-state index contributed by atoms with van der Waals surface area (Å²) in [5.41, 5.74) is 3.71. The number of methoxy groups -OCH3 is 1. The van der Waals surface area contributed by atoms with Crippen molar-refractivity contribution in [3.05, 3.63) is 65.2 Å². The molecule has 2 aromatic rings. The van der Waals surface area contributed by atoms with Crippen molar-refractivity contribution in [3.63, 3.8) is 0 Å². The molecule has 0 saturated carbocycles. The van der Waals surface area contributed by atoms with Gasteiger partial charge in [0.2, 0.25) is 0 Å². The summed E-state index contributed by atoms with van der Waals surface area (Å²) in [5, 5.41) is 10.3. The van der Waals surface area contributed by atoms with Crippen LogP contribution in [-0.2, 0) is 16.7 Å². The molecule has 39 heavy (non-hydrogen) atoms. The highest BCUT2D eigenvalue weighted by Crippen LogP contribution is 2.55. The third kappa shape index (κ3) is 5.30. The first-order chi connectivity index (χ1) is 19.1. The van der Waals surface area contributed by atoms with Crippen molar-refractivity contribution in [2.45, 2.75) is 62.8 Å². The molecule has 3 aliphatic heterocycles. The molecule has 7 nitrogen and oxygen atoms in total. The lowest BCUT2D eigenvalue weighted by Crippen LogP contribution is -2.43. The molecule has 210 valence electrons. The van der Waals surface area contributed by atoms with E-state index in [4.69, 9.17) is 18.9 Å². The highest BCUT2D eigenvalue weighted by molar-refractivity contribution is 5.61. The van der Waals surface area contributed by atoms with Gasteiger partial charge in [-0.3, -0.25) is 9.80 Å². The molecule has 4 atom stereocenters. The predicted molar refractivity (Wildman–Crippen MR) is 151 cm³/mol. The summed E-state index contributed by atoms with van der Waals surface area (Å²) in [6.07, 6.45) is 7.39. The largest absolute Gasteiger partial charge is 0.494 e. The molecule has 1 N–H and O–H groups in total. The van der Waals surface area contributed by atoms with Crippen LogP contribution < -0.4 is 14.2 Å². The number of nitrogens with zero attached hydrogens (tertiary/aromatic N) is 2. The zero-order chi connectivity index (χ0) is 26.8. The quantitative estimate of drug-likeness (QED) is 0.376. The Morgan fingerprint density at radius 2 is 2.00 bits per heavy atom. The van der Waals surface area contributed by atoms with Gasteiger partial charge in [0.1, 0.15) is 11.9 Å². The summed E-state index contributed by atoms with van der Waals surface area (Å²) in [6.45, 7) is 9.52. The van der Waals surface area contributed by atoms with Crippen LogP contribution in [-0.4, -0.2) is 80.2 Å². The number of hydrogen-bond acceptors (Lipinski definition) is 7. The first-order valence-corrected chi connectivity index (χ1v) is 14.6. The van der Waals surface area contributed by atoms with E-state index in [2.05, 4.69) is 53.1 Å². The van der Waals surface area contributed by atoms with E-state index in [0.717, 1.165) is 89.1 Å². The third-order valence-corrected chi connectivity index (χ3v) is 9.11. The van der Waals surface area contributed by atoms with E-state index in [9.17, 15) is 5.11 Å². The molecule has 0 radical (unpaired) electrons. The number of morpholine rings is 1. The van der Waals surface area contributed by atoms with Crippen molar-refractivity contribution in [2.24, 2.45) is 0 Å². The van der Waals surface area contributed by atoms with E-state index < -0.39 is 6.10 Å². The minimum Gasteiger partial charge on any atom is -0.494 e. The first kappa shape index (κ1) is 26.6. The van der Waals surface area contributed by atoms with Gasteiger partial charge >= 0.3 is 0 Å². The molecule has 1 spiro atoms. The molecule has 1 unspecified atom stereocenters. The van der Waals surface area contributed by atoms with Crippen molar-refractivity contribution in [1.82, 2.24) is 9.80 Å². The molecule has 2 aromatic carbocycles. The minimum absolute atomic E-state index is 0.0439. The fraction of sp³-hybridized carbons (Fsp3) is 0.562. The van der Waals surface area contributed by atoms with E-state index in [0.29, 0.717) is 12.5 Å². The Hall–Kier alpha value is -2.58. The Bertz CT molecular complexity index is 1180. The fourth-order valence-corrected chi connectivity index (χ4v) is 6.85. The lowest BCUT2D eigenvalue weighted by molar-refractivity contribution is 0.0198. The van der Waals surface area contributed by atoms with Crippen LogP contribution in [0.5, 0.6) is 17.2 Å². The van der Waals surface area contributed by atoms with Crippen LogP contribution in [0.4, 0.5) is 0 Å². The molecular weight excluding hydrogens is 492 g/mol. The summed E-state index contributed by atoms with van der Waals surface area (Å²) in [6, 6.07) is 13.2. The molecule has 0 bridgehead atoms. The van der Waals surface area contributed by atoms with Crippen LogP contribution >= 0.6 is 0 Å². The van der Waals surface area contributed by atoms with E-state index in [1.54, 1.807) is 7.11 Å². The number of aliphatic hydroxyl groups is 1. The van der Waals surface area contributed by atoms with Crippen LogP contribution in [0.1, 0.15) is 55.3 Å². The van der Waals surface area contributed by atoms with Gasteiger partial charge in [0, 0.05) is 37.7 Å². The Morgan fingerprint density at radius 3 is 2.85 bits per heavy atom. The molecule has 1 aliphatic carbocycles. The second kappa shape index (κ2) is 11.5.